The molecular formula is C8H14N4O3. The second-order valence-electron chi connectivity index (χ2n) is 3.44. The summed E-state index contributed by atoms with van der Waals surface area (Å²) in [7, 11) is 0. The van der Waals surface area contributed by atoms with Gasteiger partial charge in [0.15, 0.2) is 0 Å². The summed E-state index contributed by atoms with van der Waals surface area (Å²) < 4.78 is 0. The standard InChI is InChI=1S/C8H14N4O3/c1-5(2)10-11-12-4-9-8(15)6(12)3-7(13)14/h6,11H,3-4H2,1-2H3,(H,9,15)(H,13,14). The average Bonchev–Trinajstić information content (AvgIpc) is 2.44. The summed E-state index contributed by atoms with van der Waals surface area (Å²) in [4.78, 5) is 21.8. The highest BCUT2D eigenvalue weighted by Gasteiger charge is 2.34. The summed E-state index contributed by atoms with van der Waals surface area (Å²) in [6, 6.07) is -0.703. The Hall–Kier alpha value is -1.63. The van der Waals surface area contributed by atoms with Crippen LogP contribution in [0.2, 0.25) is 0 Å². The number of rotatable bonds is 4. The van der Waals surface area contributed by atoms with Gasteiger partial charge in [0.2, 0.25) is 5.91 Å². The molecule has 0 aromatic heterocycles. The van der Waals surface area contributed by atoms with Crippen molar-refractivity contribution in [3.8, 4) is 0 Å². The highest BCUT2D eigenvalue weighted by Crippen LogP contribution is 2.07. The predicted octanol–water partition coefficient (Wildman–Crippen LogP) is -0.881. The van der Waals surface area contributed by atoms with E-state index in [9.17, 15) is 9.59 Å². The molecule has 0 radical (unpaired) electrons. The van der Waals surface area contributed by atoms with E-state index in [1.165, 1.54) is 5.01 Å². The molecule has 0 aromatic rings. The van der Waals surface area contributed by atoms with Gasteiger partial charge in [0.05, 0.1) is 13.1 Å². The summed E-state index contributed by atoms with van der Waals surface area (Å²) in [5.41, 5.74) is 3.44. The molecule has 1 saturated heterocycles. The lowest BCUT2D eigenvalue weighted by molar-refractivity contribution is -0.140. The summed E-state index contributed by atoms with van der Waals surface area (Å²) in [6.45, 7) is 3.85. The van der Waals surface area contributed by atoms with Crippen LogP contribution in [0.4, 0.5) is 0 Å². The number of nitrogens with zero attached hydrogens (tertiary/aromatic N) is 2. The molecule has 1 unspecified atom stereocenters. The van der Waals surface area contributed by atoms with Crippen LogP contribution in [0.3, 0.4) is 0 Å². The lowest BCUT2D eigenvalue weighted by Crippen LogP contribution is -2.42. The van der Waals surface area contributed by atoms with Gasteiger partial charge in [-0.25, -0.2) is 5.53 Å². The van der Waals surface area contributed by atoms with Gasteiger partial charge in [-0.05, 0) is 13.8 Å². The Kier molecular flexibility index (Phi) is 3.62. The molecule has 1 heterocycles. The van der Waals surface area contributed by atoms with E-state index in [1.54, 1.807) is 13.8 Å². The first-order valence-corrected chi connectivity index (χ1v) is 4.53. The minimum atomic E-state index is -1.01. The third-order valence-corrected chi connectivity index (χ3v) is 1.87. The summed E-state index contributed by atoms with van der Waals surface area (Å²) in [5, 5.41) is 16.5. The number of aliphatic carboxylic acids is 1. The van der Waals surface area contributed by atoms with E-state index >= 15 is 0 Å². The van der Waals surface area contributed by atoms with E-state index in [-0.39, 0.29) is 19.0 Å². The van der Waals surface area contributed by atoms with E-state index in [0.717, 1.165) is 5.71 Å². The van der Waals surface area contributed by atoms with Crippen molar-refractivity contribution in [3.05, 3.63) is 0 Å². The highest BCUT2D eigenvalue weighted by molar-refractivity contribution is 5.87. The van der Waals surface area contributed by atoms with Crippen LogP contribution in [0, 0.1) is 0 Å². The van der Waals surface area contributed by atoms with Crippen molar-refractivity contribution >= 4 is 17.6 Å². The van der Waals surface area contributed by atoms with Gasteiger partial charge in [-0.3, -0.25) is 9.59 Å². The summed E-state index contributed by atoms with van der Waals surface area (Å²) in [5.74, 6) is -1.31. The molecule has 1 aliphatic heterocycles. The van der Waals surface area contributed by atoms with E-state index in [2.05, 4.69) is 16.0 Å². The Balaban J connectivity index is 2.59. The van der Waals surface area contributed by atoms with Crippen molar-refractivity contribution in [3.63, 3.8) is 0 Å². The topological polar surface area (TPSA) is 94.0 Å². The molecule has 1 fully saturated rings. The summed E-state index contributed by atoms with van der Waals surface area (Å²) in [6.07, 6.45) is -0.239. The minimum Gasteiger partial charge on any atom is -0.481 e. The predicted molar refractivity (Wildman–Crippen MR) is 52.8 cm³/mol. The van der Waals surface area contributed by atoms with Crippen LogP contribution in [0.15, 0.2) is 5.10 Å². The second kappa shape index (κ2) is 4.74. The smallest absolute Gasteiger partial charge is 0.305 e. The monoisotopic (exact) mass is 214 g/mol. The normalized spacial score (nSPS) is 20.9. The molecule has 0 aliphatic carbocycles. The van der Waals surface area contributed by atoms with Gasteiger partial charge in [-0.15, -0.1) is 0 Å². The molecule has 3 N–H and O–H groups in total. The lowest BCUT2D eigenvalue weighted by Gasteiger charge is -2.18. The quantitative estimate of drug-likeness (QED) is 0.417. The number of hydrazone groups is 1. The molecule has 1 rings (SSSR count). The maximum atomic E-state index is 11.3. The van der Waals surface area contributed by atoms with E-state index < -0.39 is 12.0 Å². The van der Waals surface area contributed by atoms with Crippen molar-refractivity contribution in [2.75, 3.05) is 6.67 Å². The molecular weight excluding hydrogens is 200 g/mol. The number of hydrogen-bond acceptors (Lipinski definition) is 5. The van der Waals surface area contributed by atoms with Gasteiger partial charge in [0, 0.05) is 5.71 Å². The van der Waals surface area contributed by atoms with Crippen molar-refractivity contribution in [1.82, 2.24) is 15.9 Å². The number of carbonyl (C=O) groups excluding carboxylic acids is 1. The summed E-state index contributed by atoms with van der Waals surface area (Å²) >= 11 is 0. The Bertz CT molecular complexity index is 298. The zero-order chi connectivity index (χ0) is 11.4. The number of amides is 1. The fourth-order valence-electron chi connectivity index (χ4n) is 1.17. The van der Waals surface area contributed by atoms with Gasteiger partial charge in [0.1, 0.15) is 6.04 Å². The van der Waals surface area contributed by atoms with Crippen LogP contribution in [-0.2, 0) is 9.59 Å². The number of hydrazine groups is 1. The molecule has 1 amide bonds. The van der Waals surface area contributed by atoms with Crippen molar-refractivity contribution in [2.45, 2.75) is 26.3 Å². The molecule has 0 aromatic carbocycles. The molecule has 1 atom stereocenters. The van der Waals surface area contributed by atoms with Crippen molar-refractivity contribution in [2.24, 2.45) is 5.10 Å². The first-order chi connectivity index (χ1) is 7.00. The van der Waals surface area contributed by atoms with Gasteiger partial charge in [-0.2, -0.15) is 10.1 Å². The van der Waals surface area contributed by atoms with Crippen LogP contribution in [0.25, 0.3) is 0 Å². The number of carbonyl (C=O) groups is 2. The number of carboxylic acids is 1. The zero-order valence-electron chi connectivity index (χ0n) is 8.65. The highest BCUT2D eigenvalue weighted by atomic mass is 16.4. The van der Waals surface area contributed by atoms with Gasteiger partial charge in [-0.1, -0.05) is 0 Å². The van der Waals surface area contributed by atoms with E-state index in [1.807, 2.05) is 0 Å². The number of carboxylic acid groups (broad SMARTS) is 1. The first kappa shape index (κ1) is 11.4. The Labute approximate surface area is 87.1 Å². The third kappa shape index (κ3) is 3.21. The maximum Gasteiger partial charge on any atom is 0.305 e. The molecule has 84 valence electrons. The fraction of sp³-hybridized carbons (Fsp3) is 0.625. The molecule has 7 nitrogen and oxygen atoms in total. The van der Waals surface area contributed by atoms with Crippen molar-refractivity contribution in [1.29, 1.82) is 0 Å². The third-order valence-electron chi connectivity index (χ3n) is 1.87. The molecule has 15 heavy (non-hydrogen) atoms. The van der Waals surface area contributed by atoms with Gasteiger partial charge in [0.25, 0.3) is 0 Å². The second-order valence-corrected chi connectivity index (χ2v) is 3.44. The molecule has 7 heteroatoms. The number of hydrogen-bond donors (Lipinski definition) is 3. The van der Waals surface area contributed by atoms with Crippen LogP contribution >= 0.6 is 0 Å². The van der Waals surface area contributed by atoms with Crippen molar-refractivity contribution < 1.29 is 14.7 Å². The Morgan fingerprint density at radius 1 is 1.73 bits per heavy atom. The largest absolute Gasteiger partial charge is 0.481 e. The molecule has 1 aliphatic rings. The van der Waals surface area contributed by atoms with Crippen LogP contribution < -0.4 is 10.9 Å². The first-order valence-electron chi connectivity index (χ1n) is 4.53. The average molecular weight is 214 g/mol. The lowest BCUT2D eigenvalue weighted by atomic mass is 10.2. The molecule has 0 bridgehead atoms. The fourth-order valence-corrected chi connectivity index (χ4v) is 1.17. The van der Waals surface area contributed by atoms with Gasteiger partial charge >= 0.3 is 5.97 Å². The SMILES string of the molecule is CC(C)=NNN1CNC(=O)C1CC(=O)O. The molecule has 0 saturated carbocycles. The van der Waals surface area contributed by atoms with E-state index in [0.29, 0.717) is 0 Å². The molecule has 0 spiro atoms. The zero-order valence-corrected chi connectivity index (χ0v) is 8.65. The number of nitrogens with one attached hydrogen (secondary N) is 2. The maximum absolute atomic E-state index is 11.3. The van der Waals surface area contributed by atoms with E-state index in [4.69, 9.17) is 5.11 Å². The van der Waals surface area contributed by atoms with Crippen LogP contribution in [0.5, 0.6) is 0 Å². The Morgan fingerprint density at radius 2 is 2.40 bits per heavy atom. The minimum absolute atomic E-state index is 0.239. The Morgan fingerprint density at radius 3 is 2.93 bits per heavy atom. The van der Waals surface area contributed by atoms with Gasteiger partial charge < -0.3 is 10.4 Å². The van der Waals surface area contributed by atoms with Crippen LogP contribution in [-0.4, -0.2) is 40.4 Å². The van der Waals surface area contributed by atoms with Crippen LogP contribution in [0.1, 0.15) is 20.3 Å².